The highest BCUT2D eigenvalue weighted by Gasteiger charge is 2.11. The fraction of sp³-hybridized carbons (Fsp3) is 0.667. The molecule has 0 spiro atoms. The number of rotatable bonds is 5. The molecule has 0 aromatic rings. The maximum Gasteiger partial charge on any atom is 0.375 e. The molecule has 0 aliphatic heterocycles. The van der Waals surface area contributed by atoms with Crippen LogP contribution in [0, 0.1) is 0 Å². The molecule has 0 aliphatic carbocycles. The molecule has 0 radical (unpaired) electrons. The molecule has 0 rings (SSSR count). The van der Waals surface area contributed by atoms with E-state index in [1.54, 1.807) is 18.0 Å². The van der Waals surface area contributed by atoms with E-state index < -0.39 is 5.97 Å². The van der Waals surface area contributed by atoms with Crippen LogP contribution in [0.3, 0.4) is 0 Å². The highest BCUT2D eigenvalue weighted by atomic mass is 16.6. The van der Waals surface area contributed by atoms with E-state index in [0.717, 1.165) is 0 Å². The minimum absolute atomic E-state index is 0.245. The summed E-state index contributed by atoms with van der Waals surface area (Å²) < 4.78 is 9.91. The molecule has 4 nitrogen and oxygen atoms in total. The van der Waals surface area contributed by atoms with Crippen molar-refractivity contribution in [2.24, 2.45) is 0 Å². The lowest BCUT2D eigenvalue weighted by molar-refractivity contribution is -0.142. The largest absolute Gasteiger partial charge is 0.486 e. The van der Waals surface area contributed by atoms with E-state index >= 15 is 0 Å². The van der Waals surface area contributed by atoms with E-state index in [2.05, 4.69) is 0 Å². The van der Waals surface area contributed by atoms with E-state index in [0.29, 0.717) is 13.2 Å². The minimum Gasteiger partial charge on any atom is -0.486 e. The third kappa shape index (κ3) is 5.11. The molecular formula is C9H17NO3. The summed E-state index contributed by atoms with van der Waals surface area (Å²) in [6.45, 7) is 4.40. The van der Waals surface area contributed by atoms with Crippen LogP contribution in [0.1, 0.15) is 13.8 Å². The summed E-state index contributed by atoms with van der Waals surface area (Å²) in [5.41, 5.74) is 0. The lowest BCUT2D eigenvalue weighted by Crippen LogP contribution is -2.14. The van der Waals surface area contributed by atoms with Gasteiger partial charge in [0.1, 0.15) is 0 Å². The lowest BCUT2D eigenvalue weighted by Gasteiger charge is -2.10. The Hall–Kier alpha value is -1.19. The molecular weight excluding hydrogens is 170 g/mol. The SMILES string of the molecule is CCOC(=O)/C(=C/N(C)C)OCC. The van der Waals surface area contributed by atoms with Crippen molar-refractivity contribution >= 4 is 5.97 Å². The Morgan fingerprint density at radius 3 is 2.15 bits per heavy atom. The van der Waals surface area contributed by atoms with Crippen molar-refractivity contribution in [1.82, 2.24) is 4.90 Å². The third-order valence-corrected chi connectivity index (χ3v) is 1.15. The Balaban J connectivity index is 4.31. The molecule has 0 saturated heterocycles. The topological polar surface area (TPSA) is 38.8 Å². The van der Waals surface area contributed by atoms with Crippen LogP contribution in [0.15, 0.2) is 12.0 Å². The maximum absolute atomic E-state index is 11.2. The number of ether oxygens (including phenoxy) is 2. The van der Waals surface area contributed by atoms with Crippen LogP contribution >= 0.6 is 0 Å². The van der Waals surface area contributed by atoms with Crippen molar-refractivity contribution in [3.05, 3.63) is 12.0 Å². The van der Waals surface area contributed by atoms with E-state index in [1.165, 1.54) is 0 Å². The Morgan fingerprint density at radius 2 is 1.77 bits per heavy atom. The fourth-order valence-corrected chi connectivity index (χ4v) is 0.741. The summed E-state index contributed by atoms with van der Waals surface area (Å²) in [6, 6.07) is 0. The number of hydrogen-bond donors (Lipinski definition) is 0. The molecule has 0 unspecified atom stereocenters. The molecule has 0 aromatic heterocycles. The summed E-state index contributed by atoms with van der Waals surface area (Å²) >= 11 is 0. The highest BCUT2D eigenvalue weighted by molar-refractivity contribution is 5.86. The minimum atomic E-state index is -0.418. The highest BCUT2D eigenvalue weighted by Crippen LogP contribution is 2.01. The van der Waals surface area contributed by atoms with Crippen LogP contribution in [-0.2, 0) is 14.3 Å². The van der Waals surface area contributed by atoms with E-state index in [4.69, 9.17) is 9.47 Å². The number of carbonyl (C=O) groups is 1. The summed E-state index contributed by atoms with van der Waals surface area (Å²) in [6.07, 6.45) is 1.60. The molecule has 0 fully saturated rings. The maximum atomic E-state index is 11.2. The molecule has 0 bridgehead atoms. The van der Waals surface area contributed by atoms with Crippen LogP contribution in [-0.4, -0.2) is 38.2 Å². The van der Waals surface area contributed by atoms with Gasteiger partial charge in [-0.1, -0.05) is 0 Å². The molecule has 0 heterocycles. The Kier molecular flexibility index (Phi) is 5.76. The van der Waals surface area contributed by atoms with E-state index in [9.17, 15) is 4.79 Å². The van der Waals surface area contributed by atoms with Crippen molar-refractivity contribution in [2.45, 2.75) is 13.8 Å². The van der Waals surface area contributed by atoms with Gasteiger partial charge in [0.2, 0.25) is 5.76 Å². The first kappa shape index (κ1) is 11.8. The number of esters is 1. The van der Waals surface area contributed by atoms with Gasteiger partial charge in [-0.2, -0.15) is 0 Å². The predicted octanol–water partition coefficient (Wildman–Crippen LogP) is 0.989. The monoisotopic (exact) mass is 187 g/mol. The zero-order valence-electron chi connectivity index (χ0n) is 8.66. The molecule has 0 N–H and O–H groups in total. The van der Waals surface area contributed by atoms with Gasteiger partial charge in [0.05, 0.1) is 13.2 Å². The second kappa shape index (κ2) is 6.34. The summed E-state index contributed by atoms with van der Waals surface area (Å²) in [7, 11) is 3.64. The van der Waals surface area contributed by atoms with Crippen LogP contribution in [0.4, 0.5) is 0 Å². The smallest absolute Gasteiger partial charge is 0.375 e. The zero-order chi connectivity index (χ0) is 10.3. The molecule has 13 heavy (non-hydrogen) atoms. The number of hydrogen-bond acceptors (Lipinski definition) is 4. The quantitative estimate of drug-likeness (QED) is 0.365. The molecule has 0 aliphatic rings. The summed E-state index contributed by atoms with van der Waals surface area (Å²) in [5, 5.41) is 0. The first-order valence-corrected chi connectivity index (χ1v) is 4.30. The van der Waals surface area contributed by atoms with Gasteiger partial charge in [0.25, 0.3) is 0 Å². The first-order chi connectivity index (χ1) is 6.11. The van der Waals surface area contributed by atoms with Crippen molar-refractivity contribution in [3.63, 3.8) is 0 Å². The third-order valence-electron chi connectivity index (χ3n) is 1.15. The average molecular weight is 187 g/mol. The Labute approximate surface area is 79.1 Å². The van der Waals surface area contributed by atoms with Gasteiger partial charge in [-0.3, -0.25) is 0 Å². The predicted molar refractivity (Wildman–Crippen MR) is 50.0 cm³/mol. The van der Waals surface area contributed by atoms with Gasteiger partial charge < -0.3 is 14.4 Å². The lowest BCUT2D eigenvalue weighted by atomic mass is 10.5. The second-order valence-electron chi connectivity index (χ2n) is 2.61. The Bertz CT molecular complexity index is 187. The van der Waals surface area contributed by atoms with Gasteiger partial charge in [-0.05, 0) is 13.8 Å². The van der Waals surface area contributed by atoms with Crippen molar-refractivity contribution < 1.29 is 14.3 Å². The molecule has 0 aromatic carbocycles. The summed E-state index contributed by atoms with van der Waals surface area (Å²) in [5.74, 6) is -0.174. The van der Waals surface area contributed by atoms with Crippen LogP contribution in [0.5, 0.6) is 0 Å². The average Bonchev–Trinajstić information content (AvgIpc) is 2.03. The number of carbonyl (C=O) groups excluding carboxylic acids is 1. The van der Waals surface area contributed by atoms with E-state index in [1.807, 2.05) is 21.0 Å². The van der Waals surface area contributed by atoms with Crippen LogP contribution in [0.2, 0.25) is 0 Å². The fourth-order valence-electron chi connectivity index (χ4n) is 0.741. The van der Waals surface area contributed by atoms with Gasteiger partial charge >= 0.3 is 5.97 Å². The molecule has 0 amide bonds. The second-order valence-corrected chi connectivity index (χ2v) is 2.61. The van der Waals surface area contributed by atoms with Gasteiger partial charge in [-0.15, -0.1) is 0 Å². The van der Waals surface area contributed by atoms with Crippen molar-refractivity contribution in [3.8, 4) is 0 Å². The van der Waals surface area contributed by atoms with Crippen LogP contribution in [0.25, 0.3) is 0 Å². The van der Waals surface area contributed by atoms with Crippen LogP contribution < -0.4 is 0 Å². The van der Waals surface area contributed by atoms with Gasteiger partial charge in [-0.25, -0.2) is 4.79 Å². The normalized spacial score (nSPS) is 10.9. The molecule has 76 valence electrons. The zero-order valence-corrected chi connectivity index (χ0v) is 8.66. The number of nitrogens with zero attached hydrogens (tertiary/aromatic N) is 1. The molecule has 0 atom stereocenters. The molecule has 4 heteroatoms. The summed E-state index contributed by atoms with van der Waals surface area (Å²) in [4.78, 5) is 13.0. The van der Waals surface area contributed by atoms with Gasteiger partial charge in [0, 0.05) is 20.3 Å². The Morgan fingerprint density at radius 1 is 1.23 bits per heavy atom. The molecule has 0 saturated carbocycles. The first-order valence-electron chi connectivity index (χ1n) is 4.30. The van der Waals surface area contributed by atoms with Crippen molar-refractivity contribution in [1.29, 1.82) is 0 Å². The van der Waals surface area contributed by atoms with Gasteiger partial charge in [0.15, 0.2) is 0 Å². The van der Waals surface area contributed by atoms with Crippen molar-refractivity contribution in [2.75, 3.05) is 27.3 Å². The standard InChI is InChI=1S/C9H17NO3/c1-5-12-8(7-10(3)4)9(11)13-6-2/h7H,5-6H2,1-4H3/b8-7-. The van der Waals surface area contributed by atoms with E-state index in [-0.39, 0.29) is 5.76 Å².